The number of primary amides is 1. The highest BCUT2D eigenvalue weighted by Gasteiger charge is 2.11. The highest BCUT2D eigenvalue weighted by molar-refractivity contribution is 8.00. The molecule has 0 heterocycles. The van der Waals surface area contributed by atoms with E-state index in [0.717, 1.165) is 11.8 Å². The van der Waals surface area contributed by atoms with Crippen molar-refractivity contribution in [2.45, 2.75) is 4.90 Å². The maximum atomic E-state index is 11.1. The van der Waals surface area contributed by atoms with Crippen LogP contribution in [0.1, 0.15) is 10.4 Å². The Labute approximate surface area is 102 Å². The molecule has 0 aliphatic carbocycles. The number of ether oxygens (including phenoxy) is 1. The van der Waals surface area contributed by atoms with E-state index in [0.29, 0.717) is 10.6 Å². The Morgan fingerprint density at radius 1 is 1.53 bits per heavy atom. The lowest BCUT2D eigenvalue weighted by atomic mass is 10.2. The second kappa shape index (κ2) is 5.82. The van der Waals surface area contributed by atoms with Crippen LogP contribution >= 0.6 is 11.8 Å². The first-order valence-electron chi connectivity index (χ1n) is 4.45. The predicted octanol–water partition coefficient (Wildman–Crippen LogP) is 0.932. The highest BCUT2D eigenvalue weighted by Crippen LogP contribution is 2.27. The average Bonchev–Trinajstić information content (AvgIpc) is 2.26. The van der Waals surface area contributed by atoms with Gasteiger partial charge in [0.1, 0.15) is 11.9 Å². The fraction of sp³-hybridized carbons (Fsp3) is 0.0909. The normalized spacial score (nSPS) is 9.35. The van der Waals surface area contributed by atoms with Gasteiger partial charge in [-0.25, -0.2) is 0 Å². The van der Waals surface area contributed by atoms with Gasteiger partial charge in [-0.15, -0.1) is 11.8 Å². The Bertz CT molecular complexity index is 493. The summed E-state index contributed by atoms with van der Waals surface area (Å²) in [6.45, 7) is 0. The third-order valence-electron chi connectivity index (χ3n) is 1.75. The third-order valence-corrected chi connectivity index (χ3v) is 2.79. The van der Waals surface area contributed by atoms with Gasteiger partial charge in [-0.3, -0.25) is 9.59 Å². The molecule has 0 radical (unpaired) electrons. The number of thioether (sulfide) groups is 1. The van der Waals surface area contributed by atoms with E-state index in [9.17, 15) is 9.59 Å². The van der Waals surface area contributed by atoms with E-state index in [1.54, 1.807) is 0 Å². The van der Waals surface area contributed by atoms with E-state index in [2.05, 4.69) is 0 Å². The van der Waals surface area contributed by atoms with Crippen LogP contribution < -0.4 is 10.5 Å². The van der Waals surface area contributed by atoms with Gasteiger partial charge in [0.05, 0.1) is 11.3 Å². The first-order valence-corrected chi connectivity index (χ1v) is 5.44. The molecule has 1 rings (SSSR count). The van der Waals surface area contributed by atoms with Crippen molar-refractivity contribution in [3.8, 4) is 18.3 Å². The Morgan fingerprint density at radius 3 is 2.76 bits per heavy atom. The smallest absolute Gasteiger partial charge is 0.313 e. The summed E-state index contributed by atoms with van der Waals surface area (Å²) in [6.07, 6.45) is 6.95. The van der Waals surface area contributed by atoms with E-state index in [1.807, 2.05) is 6.11 Å². The first kappa shape index (κ1) is 12.9. The molecule has 1 aromatic rings. The predicted molar refractivity (Wildman–Crippen MR) is 62.8 cm³/mol. The molecule has 0 unspecified atom stereocenters. The molecule has 0 spiro atoms. The Balaban J connectivity index is 3.03. The largest absolute Gasteiger partial charge is 0.481 e. The number of carboxylic acid groups (broad SMARTS) is 1. The van der Waals surface area contributed by atoms with Crippen LogP contribution in [0.25, 0.3) is 0 Å². The van der Waals surface area contributed by atoms with E-state index in [4.69, 9.17) is 22.0 Å². The van der Waals surface area contributed by atoms with E-state index in [1.165, 1.54) is 18.2 Å². The molecule has 3 N–H and O–H groups in total. The Kier molecular flexibility index (Phi) is 4.43. The number of benzene rings is 1. The first-order chi connectivity index (χ1) is 8.04. The zero-order valence-corrected chi connectivity index (χ0v) is 9.49. The molecule has 0 atom stereocenters. The van der Waals surface area contributed by atoms with Crippen molar-refractivity contribution in [1.82, 2.24) is 0 Å². The summed E-state index contributed by atoms with van der Waals surface area (Å²) in [5.41, 5.74) is 5.40. The van der Waals surface area contributed by atoms with Crippen LogP contribution in [0.5, 0.6) is 5.75 Å². The van der Waals surface area contributed by atoms with Crippen molar-refractivity contribution in [1.29, 1.82) is 0 Å². The summed E-state index contributed by atoms with van der Waals surface area (Å²) < 4.78 is 4.80. The molecule has 0 saturated carbocycles. The standard InChI is InChI=1S/C11H9NO4S/c1-2-16-7-3-4-8(11(12)15)9(5-7)17-6-10(13)14/h1,3-5H,6H2,(H2,12,15)(H,13,14). The molecule has 88 valence electrons. The quantitative estimate of drug-likeness (QED) is 0.600. The molecular weight excluding hydrogens is 242 g/mol. The molecule has 0 saturated heterocycles. The number of carbonyl (C=O) groups is 2. The molecule has 0 aliphatic rings. The van der Waals surface area contributed by atoms with Crippen LogP contribution in [-0.2, 0) is 4.79 Å². The molecule has 0 fully saturated rings. The van der Waals surface area contributed by atoms with Gasteiger partial charge in [-0.2, -0.15) is 0 Å². The second-order valence-corrected chi connectivity index (χ2v) is 3.94. The van der Waals surface area contributed by atoms with Gasteiger partial charge in [0, 0.05) is 4.90 Å². The maximum Gasteiger partial charge on any atom is 0.313 e. The van der Waals surface area contributed by atoms with Gasteiger partial charge in [0.2, 0.25) is 5.91 Å². The molecule has 1 aromatic carbocycles. The van der Waals surface area contributed by atoms with Gasteiger partial charge < -0.3 is 15.6 Å². The van der Waals surface area contributed by atoms with E-state index in [-0.39, 0.29) is 11.3 Å². The van der Waals surface area contributed by atoms with Crippen molar-refractivity contribution < 1.29 is 19.4 Å². The van der Waals surface area contributed by atoms with Crippen molar-refractivity contribution in [3.05, 3.63) is 23.8 Å². The number of hydrogen-bond donors (Lipinski definition) is 2. The van der Waals surface area contributed by atoms with E-state index >= 15 is 0 Å². The number of aliphatic carboxylic acids is 1. The van der Waals surface area contributed by atoms with Crippen molar-refractivity contribution in [2.24, 2.45) is 5.73 Å². The molecule has 5 nitrogen and oxygen atoms in total. The molecular formula is C11H9NO4S. The molecule has 1 amide bonds. The summed E-state index contributed by atoms with van der Waals surface area (Å²) in [7, 11) is 0. The Hall–Kier alpha value is -2.13. The van der Waals surface area contributed by atoms with Crippen LogP contribution in [0, 0.1) is 12.5 Å². The SMILES string of the molecule is C#COc1ccc(C(N)=O)c(SCC(=O)O)c1. The number of amides is 1. The number of rotatable bonds is 5. The fourth-order valence-corrected chi connectivity index (χ4v) is 1.90. The molecule has 0 bridgehead atoms. The molecule has 0 aliphatic heterocycles. The van der Waals surface area contributed by atoms with Crippen LogP contribution in [-0.4, -0.2) is 22.7 Å². The number of carbonyl (C=O) groups excluding carboxylic acids is 1. The third kappa shape index (κ3) is 3.74. The summed E-state index contributed by atoms with van der Waals surface area (Å²) in [6, 6.07) is 4.41. The average molecular weight is 251 g/mol. The number of nitrogens with two attached hydrogens (primary N) is 1. The summed E-state index contributed by atoms with van der Waals surface area (Å²) >= 11 is 0.975. The van der Waals surface area contributed by atoms with Gasteiger partial charge in [0.25, 0.3) is 0 Å². The van der Waals surface area contributed by atoms with Crippen molar-refractivity contribution in [2.75, 3.05) is 5.75 Å². The number of hydrogen-bond acceptors (Lipinski definition) is 4. The summed E-state index contributed by atoms with van der Waals surface area (Å²) in [5, 5.41) is 8.58. The van der Waals surface area contributed by atoms with Gasteiger partial charge in [-0.1, -0.05) is 6.42 Å². The molecule has 17 heavy (non-hydrogen) atoms. The van der Waals surface area contributed by atoms with Gasteiger partial charge >= 0.3 is 5.97 Å². The molecule has 6 heteroatoms. The highest BCUT2D eigenvalue weighted by atomic mass is 32.2. The monoisotopic (exact) mass is 251 g/mol. The topological polar surface area (TPSA) is 89.6 Å². The van der Waals surface area contributed by atoms with Crippen LogP contribution in [0.2, 0.25) is 0 Å². The van der Waals surface area contributed by atoms with Gasteiger partial charge in [0.15, 0.2) is 0 Å². The summed E-state index contributed by atoms with van der Waals surface area (Å²) in [4.78, 5) is 22.0. The van der Waals surface area contributed by atoms with Crippen molar-refractivity contribution in [3.63, 3.8) is 0 Å². The fourth-order valence-electron chi connectivity index (χ4n) is 1.10. The van der Waals surface area contributed by atoms with Crippen molar-refractivity contribution >= 4 is 23.6 Å². The minimum Gasteiger partial charge on any atom is -0.481 e. The maximum absolute atomic E-state index is 11.1. The van der Waals surface area contributed by atoms with E-state index < -0.39 is 11.9 Å². The minimum absolute atomic E-state index is 0.181. The van der Waals surface area contributed by atoms with Crippen LogP contribution in [0.4, 0.5) is 0 Å². The second-order valence-electron chi connectivity index (χ2n) is 2.92. The lowest BCUT2D eigenvalue weighted by Crippen LogP contribution is -2.12. The zero-order chi connectivity index (χ0) is 12.8. The lowest BCUT2D eigenvalue weighted by Gasteiger charge is -2.06. The summed E-state index contributed by atoms with van der Waals surface area (Å²) in [5.74, 6) is -1.45. The number of carboxylic acids is 1. The minimum atomic E-state index is -0.992. The zero-order valence-electron chi connectivity index (χ0n) is 8.67. The lowest BCUT2D eigenvalue weighted by molar-refractivity contribution is -0.133. The number of terminal acetylenes is 1. The van der Waals surface area contributed by atoms with Crippen LogP contribution in [0.15, 0.2) is 23.1 Å². The van der Waals surface area contributed by atoms with Crippen LogP contribution in [0.3, 0.4) is 0 Å². The van der Waals surface area contributed by atoms with Gasteiger partial charge in [-0.05, 0) is 18.2 Å². The molecule has 0 aromatic heterocycles. The Morgan fingerprint density at radius 2 is 2.24 bits per heavy atom.